The van der Waals surface area contributed by atoms with E-state index in [4.69, 9.17) is 5.73 Å². The van der Waals surface area contributed by atoms with Crippen molar-refractivity contribution in [3.63, 3.8) is 0 Å². The molecule has 0 amide bonds. The van der Waals surface area contributed by atoms with E-state index in [1.807, 2.05) is 0 Å². The lowest BCUT2D eigenvalue weighted by molar-refractivity contribution is -0.393. The quantitative estimate of drug-likeness (QED) is 0.421. The molecule has 0 radical (unpaired) electrons. The van der Waals surface area contributed by atoms with E-state index in [0.29, 0.717) is 0 Å². The molecule has 15 heavy (non-hydrogen) atoms. The highest BCUT2D eigenvalue weighted by atomic mass is 16.6. The van der Waals surface area contributed by atoms with Crippen LogP contribution in [0.5, 0.6) is 0 Å². The molecule has 1 aromatic rings. The molecule has 0 aliphatic heterocycles. The van der Waals surface area contributed by atoms with Crippen molar-refractivity contribution in [3.8, 4) is 0 Å². The number of hydrogen-bond acceptors (Lipinski definition) is 6. The third kappa shape index (κ3) is 3.19. The topological polar surface area (TPSA) is 138 Å². The molecule has 0 spiro atoms. The van der Waals surface area contributed by atoms with Crippen LogP contribution in [0.4, 0.5) is 17.1 Å². The van der Waals surface area contributed by atoms with E-state index in [9.17, 15) is 20.2 Å². The molecule has 0 bridgehead atoms. The van der Waals surface area contributed by atoms with E-state index >= 15 is 0 Å². The summed E-state index contributed by atoms with van der Waals surface area (Å²) in [5, 5.41) is 20.5. The minimum absolute atomic E-state index is 0.0874. The monoisotopic (exact) mass is 214 g/mol. The average molecular weight is 214 g/mol. The van der Waals surface area contributed by atoms with Gasteiger partial charge < -0.3 is 11.5 Å². The van der Waals surface area contributed by atoms with Gasteiger partial charge in [-0.3, -0.25) is 20.2 Å². The molecule has 0 aliphatic carbocycles. The first-order valence-electron chi connectivity index (χ1n) is 3.78. The van der Waals surface area contributed by atoms with Gasteiger partial charge in [0.1, 0.15) is 5.69 Å². The molecule has 82 valence electrons. The second-order valence-corrected chi connectivity index (χ2v) is 2.26. The van der Waals surface area contributed by atoms with Crippen molar-refractivity contribution in [2.45, 2.75) is 0 Å². The molecule has 0 fully saturated rings. The molecule has 8 nitrogen and oxygen atoms in total. The number of rotatable bonds is 2. The van der Waals surface area contributed by atoms with E-state index in [2.05, 4.69) is 5.73 Å². The number of nitro benzene ring substituents is 2. The molecule has 1 rings (SSSR count). The summed E-state index contributed by atoms with van der Waals surface area (Å²) < 4.78 is 0. The van der Waals surface area contributed by atoms with Crippen molar-refractivity contribution >= 4 is 17.1 Å². The number of nitrogen functional groups attached to an aromatic ring is 1. The maximum absolute atomic E-state index is 10.3. The lowest BCUT2D eigenvalue weighted by Gasteiger charge is -1.95. The Morgan fingerprint density at radius 3 is 2.07 bits per heavy atom. The lowest BCUT2D eigenvalue weighted by Crippen LogP contribution is -1.97. The summed E-state index contributed by atoms with van der Waals surface area (Å²) in [7, 11) is 1.50. The minimum atomic E-state index is -0.762. The van der Waals surface area contributed by atoms with Crippen LogP contribution in [0.15, 0.2) is 18.2 Å². The van der Waals surface area contributed by atoms with Gasteiger partial charge >= 0.3 is 0 Å². The predicted octanol–water partition coefficient (Wildman–Crippen LogP) is 0.660. The summed E-state index contributed by atoms with van der Waals surface area (Å²) in [6, 6.07) is 3.08. The molecule has 0 saturated heterocycles. The Morgan fingerprint density at radius 1 is 1.13 bits per heavy atom. The molecule has 0 heterocycles. The van der Waals surface area contributed by atoms with Gasteiger partial charge in [-0.05, 0) is 13.1 Å². The van der Waals surface area contributed by atoms with E-state index in [-0.39, 0.29) is 11.4 Å². The molecule has 0 aliphatic rings. The summed E-state index contributed by atoms with van der Waals surface area (Å²) >= 11 is 0. The van der Waals surface area contributed by atoms with Crippen LogP contribution < -0.4 is 11.5 Å². The van der Waals surface area contributed by atoms with Gasteiger partial charge in [0.15, 0.2) is 0 Å². The highest BCUT2D eigenvalue weighted by molar-refractivity contribution is 5.62. The summed E-state index contributed by atoms with van der Waals surface area (Å²) in [6.07, 6.45) is 0. The number of anilines is 1. The zero-order chi connectivity index (χ0) is 12.0. The van der Waals surface area contributed by atoms with Crippen molar-refractivity contribution in [2.24, 2.45) is 5.73 Å². The Morgan fingerprint density at radius 2 is 1.67 bits per heavy atom. The van der Waals surface area contributed by atoms with Crippen LogP contribution in [0, 0.1) is 20.2 Å². The highest BCUT2D eigenvalue weighted by Crippen LogP contribution is 2.25. The zero-order valence-corrected chi connectivity index (χ0v) is 7.91. The standard InChI is InChI=1S/C6H5N3O4.CH5N/c7-5-2-1-4(8(10)11)3-6(5)9(12)13;1-2/h1-3H,7H2;2H2,1H3. The second-order valence-electron chi connectivity index (χ2n) is 2.26. The van der Waals surface area contributed by atoms with Crippen LogP contribution in [0.2, 0.25) is 0 Å². The summed E-state index contributed by atoms with van der Waals surface area (Å²) in [5.41, 5.74) is 8.84. The molecular formula is C7H10N4O4. The van der Waals surface area contributed by atoms with Gasteiger partial charge in [0, 0.05) is 6.07 Å². The Bertz CT molecular complexity index is 379. The Labute approximate surface area is 84.8 Å². The Kier molecular flexibility index (Phi) is 4.68. The molecule has 0 unspecified atom stereocenters. The summed E-state index contributed by atoms with van der Waals surface area (Å²) in [5.74, 6) is 0. The smallest absolute Gasteiger partial charge is 0.298 e. The number of non-ortho nitro benzene ring substituents is 1. The third-order valence-electron chi connectivity index (χ3n) is 1.42. The van der Waals surface area contributed by atoms with Crippen molar-refractivity contribution in [1.82, 2.24) is 0 Å². The van der Waals surface area contributed by atoms with Gasteiger partial charge in [-0.15, -0.1) is 0 Å². The second kappa shape index (κ2) is 5.50. The van der Waals surface area contributed by atoms with Crippen molar-refractivity contribution in [3.05, 3.63) is 38.4 Å². The zero-order valence-electron chi connectivity index (χ0n) is 7.91. The summed E-state index contributed by atoms with van der Waals surface area (Å²) in [6.45, 7) is 0. The number of nitrogens with two attached hydrogens (primary N) is 2. The number of nitro groups is 2. The largest absolute Gasteiger partial charge is 0.393 e. The van der Waals surface area contributed by atoms with E-state index in [1.165, 1.54) is 7.05 Å². The van der Waals surface area contributed by atoms with Gasteiger partial charge in [-0.1, -0.05) is 0 Å². The molecule has 0 aromatic heterocycles. The first-order chi connectivity index (χ1) is 7.02. The minimum Gasteiger partial charge on any atom is -0.393 e. The highest BCUT2D eigenvalue weighted by Gasteiger charge is 2.16. The lowest BCUT2D eigenvalue weighted by atomic mass is 10.2. The Balaban J connectivity index is 0.000000921. The van der Waals surface area contributed by atoms with Gasteiger partial charge in [-0.2, -0.15) is 0 Å². The van der Waals surface area contributed by atoms with E-state index in [0.717, 1.165) is 18.2 Å². The molecular weight excluding hydrogens is 204 g/mol. The van der Waals surface area contributed by atoms with Crippen LogP contribution in [0.3, 0.4) is 0 Å². The first-order valence-corrected chi connectivity index (χ1v) is 3.78. The van der Waals surface area contributed by atoms with Gasteiger partial charge in [0.05, 0.1) is 15.9 Å². The maximum atomic E-state index is 10.3. The molecule has 0 atom stereocenters. The van der Waals surface area contributed by atoms with Crippen molar-refractivity contribution in [2.75, 3.05) is 12.8 Å². The van der Waals surface area contributed by atoms with Crippen molar-refractivity contribution in [1.29, 1.82) is 0 Å². The SMILES string of the molecule is CN.Nc1ccc([N+](=O)[O-])cc1[N+](=O)[O-]. The maximum Gasteiger partial charge on any atom is 0.298 e. The van der Waals surface area contributed by atoms with E-state index in [1.54, 1.807) is 0 Å². The fourth-order valence-electron chi connectivity index (χ4n) is 0.804. The third-order valence-corrected chi connectivity index (χ3v) is 1.42. The van der Waals surface area contributed by atoms with Gasteiger partial charge in [0.25, 0.3) is 11.4 Å². The normalized spacial score (nSPS) is 8.67. The van der Waals surface area contributed by atoms with Crippen LogP contribution in [0.25, 0.3) is 0 Å². The fourth-order valence-corrected chi connectivity index (χ4v) is 0.804. The average Bonchev–Trinajstić information content (AvgIpc) is 2.20. The van der Waals surface area contributed by atoms with E-state index < -0.39 is 15.5 Å². The van der Waals surface area contributed by atoms with Gasteiger partial charge in [0.2, 0.25) is 0 Å². The summed E-state index contributed by atoms with van der Waals surface area (Å²) in [4.78, 5) is 19.1. The molecule has 4 N–H and O–H groups in total. The Hall–Kier alpha value is -2.22. The number of nitrogens with zero attached hydrogens (tertiary/aromatic N) is 2. The van der Waals surface area contributed by atoms with Crippen LogP contribution in [-0.4, -0.2) is 16.9 Å². The molecule has 1 aromatic carbocycles. The predicted molar refractivity (Wildman–Crippen MR) is 54.3 cm³/mol. The molecule has 0 saturated carbocycles. The van der Waals surface area contributed by atoms with Crippen LogP contribution >= 0.6 is 0 Å². The van der Waals surface area contributed by atoms with Crippen LogP contribution in [-0.2, 0) is 0 Å². The number of hydrogen-bond donors (Lipinski definition) is 2. The molecule has 8 heteroatoms. The first kappa shape index (κ1) is 12.8. The van der Waals surface area contributed by atoms with Crippen LogP contribution in [0.1, 0.15) is 0 Å². The van der Waals surface area contributed by atoms with Crippen molar-refractivity contribution < 1.29 is 9.85 Å². The number of benzene rings is 1. The fraction of sp³-hybridized carbons (Fsp3) is 0.143. The van der Waals surface area contributed by atoms with Gasteiger partial charge in [-0.25, -0.2) is 0 Å².